The van der Waals surface area contributed by atoms with Crippen molar-refractivity contribution in [1.82, 2.24) is 4.90 Å². The number of alkyl halides is 3. The Kier molecular flexibility index (Phi) is 7.14. The van der Waals surface area contributed by atoms with E-state index < -0.39 is 12.0 Å². The third-order valence-corrected chi connectivity index (χ3v) is 4.72. The van der Waals surface area contributed by atoms with Gasteiger partial charge in [0.25, 0.3) is 0 Å². The Morgan fingerprint density at radius 1 is 1.32 bits per heavy atom. The van der Waals surface area contributed by atoms with Gasteiger partial charge in [-0.2, -0.15) is 13.2 Å². The second-order valence-electron chi connectivity index (χ2n) is 6.69. The first-order valence-electron chi connectivity index (χ1n) is 9.01. The van der Waals surface area contributed by atoms with Crippen molar-refractivity contribution in [3.05, 3.63) is 35.9 Å². The fourth-order valence-electron chi connectivity index (χ4n) is 3.37. The number of hydrogen-bond acceptors (Lipinski definition) is 2. The minimum absolute atomic E-state index is 0.0321. The minimum atomic E-state index is -4.51. The van der Waals surface area contributed by atoms with Crippen molar-refractivity contribution in [1.29, 1.82) is 0 Å². The average Bonchev–Trinajstić information content (AvgIpc) is 3.05. The highest BCUT2D eigenvalue weighted by Crippen LogP contribution is 2.32. The number of rotatable bonds is 7. The van der Waals surface area contributed by atoms with Gasteiger partial charge in [0.15, 0.2) is 0 Å². The number of benzene rings is 1. The molecule has 0 aliphatic carbocycles. The molecule has 0 radical (unpaired) electrons. The molecule has 1 aliphatic heterocycles. The maximum atomic E-state index is 13.5. The van der Waals surface area contributed by atoms with E-state index in [4.69, 9.17) is 4.84 Å². The molecule has 2 unspecified atom stereocenters. The van der Waals surface area contributed by atoms with Gasteiger partial charge in [-0.05, 0) is 30.7 Å². The molecule has 1 aromatic rings. The van der Waals surface area contributed by atoms with Gasteiger partial charge in [0.2, 0.25) is 5.84 Å². The molecular weight excluding hydrogens is 329 g/mol. The van der Waals surface area contributed by atoms with E-state index in [1.165, 1.54) is 4.90 Å². The van der Waals surface area contributed by atoms with Crippen LogP contribution in [-0.4, -0.2) is 29.5 Å². The molecule has 1 saturated heterocycles. The summed E-state index contributed by atoms with van der Waals surface area (Å²) in [4.78, 5) is 6.46. The highest BCUT2D eigenvalue weighted by atomic mass is 19.4. The quantitative estimate of drug-likeness (QED) is 0.373. The maximum absolute atomic E-state index is 13.5. The Morgan fingerprint density at radius 2 is 2.04 bits per heavy atom. The number of amidine groups is 1. The van der Waals surface area contributed by atoms with E-state index in [9.17, 15) is 13.2 Å². The van der Waals surface area contributed by atoms with Gasteiger partial charge < -0.3 is 9.74 Å². The summed E-state index contributed by atoms with van der Waals surface area (Å²) in [5.74, 6) is -0.682. The molecule has 0 amide bonds. The van der Waals surface area contributed by atoms with Crippen LogP contribution in [0.3, 0.4) is 0 Å². The van der Waals surface area contributed by atoms with Crippen LogP contribution in [0.5, 0.6) is 0 Å². The second-order valence-corrected chi connectivity index (χ2v) is 6.69. The van der Waals surface area contributed by atoms with E-state index in [0.29, 0.717) is 6.54 Å². The van der Waals surface area contributed by atoms with Crippen LogP contribution >= 0.6 is 0 Å². The number of halogens is 3. The number of oxime groups is 1. The summed E-state index contributed by atoms with van der Waals surface area (Å²) in [5, 5.41) is 3.50. The second kappa shape index (κ2) is 9.11. The van der Waals surface area contributed by atoms with Crippen molar-refractivity contribution in [3.8, 4) is 0 Å². The Hall–Kier alpha value is -1.72. The van der Waals surface area contributed by atoms with Crippen LogP contribution in [0.2, 0.25) is 0 Å². The Bertz CT molecular complexity index is 545. The molecule has 3 nitrogen and oxygen atoms in total. The Labute approximate surface area is 147 Å². The molecule has 1 heterocycles. The molecule has 6 heteroatoms. The van der Waals surface area contributed by atoms with Gasteiger partial charge in [-0.3, -0.25) is 0 Å². The monoisotopic (exact) mass is 356 g/mol. The lowest BCUT2D eigenvalue weighted by molar-refractivity contribution is -0.0750. The molecule has 0 N–H and O–H groups in total. The van der Waals surface area contributed by atoms with Crippen LogP contribution in [0.25, 0.3) is 0 Å². The fraction of sp³-hybridized carbons (Fsp3) is 0.632. The van der Waals surface area contributed by atoms with Gasteiger partial charge in [0.05, 0.1) is 0 Å². The molecule has 1 aliphatic rings. The standard InChI is InChI=1S/C19H27F3N2O/c1-3-4-9-15(2)17-12-8-13-24(17)18(19(20,21)22)23-25-14-16-10-6-5-7-11-16/h5-7,10-11,15,17H,3-4,8-9,12-14H2,1-2H3/b23-18+. The van der Waals surface area contributed by atoms with Crippen molar-refractivity contribution in [2.45, 2.75) is 64.8 Å². The van der Waals surface area contributed by atoms with Crippen LogP contribution in [0.1, 0.15) is 51.5 Å². The zero-order valence-electron chi connectivity index (χ0n) is 14.9. The molecule has 25 heavy (non-hydrogen) atoms. The van der Waals surface area contributed by atoms with E-state index in [-0.39, 0.29) is 18.6 Å². The van der Waals surface area contributed by atoms with Crippen LogP contribution in [0.4, 0.5) is 13.2 Å². The first-order valence-corrected chi connectivity index (χ1v) is 9.01. The average molecular weight is 356 g/mol. The number of nitrogens with zero attached hydrogens (tertiary/aromatic N) is 2. The predicted octanol–water partition coefficient (Wildman–Crippen LogP) is 5.37. The summed E-state index contributed by atoms with van der Waals surface area (Å²) in [5.41, 5.74) is 0.794. The fourth-order valence-corrected chi connectivity index (χ4v) is 3.37. The van der Waals surface area contributed by atoms with Gasteiger partial charge in [0, 0.05) is 12.6 Å². The first kappa shape index (κ1) is 19.6. The van der Waals surface area contributed by atoms with Crippen molar-refractivity contribution in [2.24, 2.45) is 11.1 Å². The van der Waals surface area contributed by atoms with E-state index in [1.54, 1.807) is 12.1 Å². The maximum Gasteiger partial charge on any atom is 0.452 e. The molecule has 1 fully saturated rings. The number of likely N-dealkylation sites (tertiary alicyclic amines) is 1. The highest BCUT2D eigenvalue weighted by Gasteiger charge is 2.45. The van der Waals surface area contributed by atoms with Gasteiger partial charge >= 0.3 is 6.18 Å². The van der Waals surface area contributed by atoms with Gasteiger partial charge in [-0.1, -0.05) is 62.2 Å². The van der Waals surface area contributed by atoms with Crippen molar-refractivity contribution >= 4 is 5.84 Å². The SMILES string of the molecule is CCCCC(C)C1CCCN1/C(=N/OCc1ccccc1)C(F)(F)F. The minimum Gasteiger partial charge on any atom is -0.389 e. The van der Waals surface area contributed by atoms with Gasteiger partial charge in [0.1, 0.15) is 6.61 Å². The zero-order valence-corrected chi connectivity index (χ0v) is 14.9. The van der Waals surface area contributed by atoms with E-state index in [0.717, 1.165) is 37.7 Å². The summed E-state index contributed by atoms with van der Waals surface area (Å²) in [6.45, 7) is 4.55. The molecule has 0 spiro atoms. The normalized spacial score (nSPS) is 20.0. The molecular formula is C19H27F3N2O. The number of unbranched alkanes of at least 4 members (excludes halogenated alkanes) is 1. The first-order chi connectivity index (χ1) is 11.9. The Balaban J connectivity index is 2.09. The topological polar surface area (TPSA) is 24.8 Å². The lowest BCUT2D eigenvalue weighted by atomic mass is 9.94. The molecule has 0 bridgehead atoms. The summed E-state index contributed by atoms with van der Waals surface area (Å²) in [6, 6.07) is 8.97. The third kappa shape index (κ3) is 5.65. The van der Waals surface area contributed by atoms with Gasteiger partial charge in [-0.25, -0.2) is 0 Å². The lowest BCUT2D eigenvalue weighted by Gasteiger charge is -2.32. The summed E-state index contributed by atoms with van der Waals surface area (Å²) >= 11 is 0. The van der Waals surface area contributed by atoms with Crippen LogP contribution < -0.4 is 0 Å². The molecule has 1 aromatic carbocycles. The molecule has 140 valence electrons. The van der Waals surface area contributed by atoms with Gasteiger partial charge in [-0.15, -0.1) is 0 Å². The lowest BCUT2D eigenvalue weighted by Crippen LogP contribution is -2.46. The number of hydrogen-bond donors (Lipinski definition) is 0. The summed E-state index contributed by atoms with van der Waals surface area (Å²) in [7, 11) is 0. The predicted molar refractivity (Wildman–Crippen MR) is 93.1 cm³/mol. The summed E-state index contributed by atoms with van der Waals surface area (Å²) < 4.78 is 40.6. The van der Waals surface area contributed by atoms with Crippen molar-refractivity contribution in [3.63, 3.8) is 0 Å². The van der Waals surface area contributed by atoms with Crippen LogP contribution in [-0.2, 0) is 11.4 Å². The van der Waals surface area contributed by atoms with Crippen molar-refractivity contribution < 1.29 is 18.0 Å². The molecule has 2 atom stereocenters. The van der Waals surface area contributed by atoms with E-state index in [2.05, 4.69) is 12.1 Å². The smallest absolute Gasteiger partial charge is 0.389 e. The molecule has 0 aromatic heterocycles. The van der Waals surface area contributed by atoms with E-state index >= 15 is 0 Å². The molecule has 0 saturated carbocycles. The zero-order chi connectivity index (χ0) is 18.3. The van der Waals surface area contributed by atoms with E-state index in [1.807, 2.05) is 25.1 Å². The molecule has 2 rings (SSSR count). The third-order valence-electron chi connectivity index (χ3n) is 4.72. The largest absolute Gasteiger partial charge is 0.452 e. The van der Waals surface area contributed by atoms with Crippen LogP contribution in [0.15, 0.2) is 35.5 Å². The Morgan fingerprint density at radius 3 is 2.68 bits per heavy atom. The van der Waals surface area contributed by atoms with Crippen molar-refractivity contribution in [2.75, 3.05) is 6.54 Å². The highest BCUT2D eigenvalue weighted by molar-refractivity contribution is 5.87. The summed E-state index contributed by atoms with van der Waals surface area (Å²) in [6.07, 6.45) is 0.0526. The van der Waals surface area contributed by atoms with Crippen LogP contribution in [0, 0.1) is 5.92 Å².